The number of anilines is 1. The van der Waals surface area contributed by atoms with Crippen LogP contribution in [0.1, 0.15) is 101 Å². The van der Waals surface area contributed by atoms with Gasteiger partial charge in [0.05, 0.1) is 59.9 Å². The van der Waals surface area contributed by atoms with E-state index in [9.17, 15) is 20.1 Å². The van der Waals surface area contributed by atoms with E-state index in [2.05, 4.69) is 10.6 Å². The van der Waals surface area contributed by atoms with Crippen LogP contribution in [0.3, 0.4) is 0 Å². The molecule has 0 bridgehead atoms. The van der Waals surface area contributed by atoms with Crippen LogP contribution < -0.4 is 34.3 Å². The summed E-state index contributed by atoms with van der Waals surface area (Å²) in [6.07, 6.45) is 12.0. The van der Waals surface area contributed by atoms with Gasteiger partial charge in [0, 0.05) is 16.8 Å². The molecule has 1 heterocycles. The molecule has 55 heavy (non-hydrogen) atoms. The predicted octanol–water partition coefficient (Wildman–Crippen LogP) is 7.79. The molecule has 1 aliphatic rings. The van der Waals surface area contributed by atoms with Gasteiger partial charge in [-0.05, 0) is 83.6 Å². The molecule has 0 fully saturated rings. The Bertz CT molecular complexity index is 1840. The number of carbonyl (C=O) groups excluding carboxylic acids is 1. The SMILES string of the molecule is COc1cc(C=Cc2cc(OC)c(OCCCCCCCCCCOc3ccc(C4NC(=O)c5ccccc5N4)cc3CO)c(OC)c2)cc(CO)c1CO. The Morgan fingerprint density at radius 1 is 0.600 bits per heavy atom. The number of rotatable bonds is 22. The number of aliphatic hydroxyl groups excluding tert-OH is 3. The molecule has 0 saturated heterocycles. The van der Waals surface area contributed by atoms with Crippen molar-refractivity contribution in [3.63, 3.8) is 0 Å². The quantitative estimate of drug-likeness (QED) is 0.0398. The molecule has 1 atom stereocenters. The van der Waals surface area contributed by atoms with Crippen LogP contribution in [0.5, 0.6) is 28.7 Å². The van der Waals surface area contributed by atoms with Crippen LogP contribution in [0.4, 0.5) is 5.69 Å². The van der Waals surface area contributed by atoms with Crippen molar-refractivity contribution in [1.29, 1.82) is 0 Å². The molecule has 0 aromatic heterocycles. The Hall–Kier alpha value is -5.23. The van der Waals surface area contributed by atoms with Crippen LogP contribution in [-0.4, -0.2) is 55.8 Å². The van der Waals surface area contributed by atoms with Gasteiger partial charge in [0.1, 0.15) is 17.7 Å². The van der Waals surface area contributed by atoms with Crippen molar-refractivity contribution in [1.82, 2.24) is 5.32 Å². The molecule has 0 spiro atoms. The van der Waals surface area contributed by atoms with Crippen molar-refractivity contribution >= 4 is 23.7 Å². The highest BCUT2D eigenvalue weighted by atomic mass is 16.5. The number of ether oxygens (including phenoxy) is 5. The molecule has 5 rings (SSSR count). The molecule has 11 heteroatoms. The maximum Gasteiger partial charge on any atom is 0.255 e. The molecular weight excluding hydrogens is 700 g/mol. The van der Waals surface area contributed by atoms with Gasteiger partial charge in [0.15, 0.2) is 11.5 Å². The Balaban J connectivity index is 0.982. The summed E-state index contributed by atoms with van der Waals surface area (Å²) >= 11 is 0. The first-order valence-electron chi connectivity index (χ1n) is 18.9. The monoisotopic (exact) mass is 754 g/mol. The van der Waals surface area contributed by atoms with Crippen LogP contribution in [0, 0.1) is 0 Å². The lowest BCUT2D eigenvalue weighted by atomic mass is 10.0. The molecule has 1 aliphatic heterocycles. The summed E-state index contributed by atoms with van der Waals surface area (Å²) in [5.41, 5.74) is 5.80. The third kappa shape index (κ3) is 10.9. The van der Waals surface area contributed by atoms with Crippen LogP contribution in [0.15, 0.2) is 66.7 Å². The van der Waals surface area contributed by atoms with Crippen molar-refractivity contribution < 1.29 is 43.8 Å². The Labute approximate surface area is 323 Å². The first kappa shape index (κ1) is 40.9. The predicted molar refractivity (Wildman–Crippen MR) is 214 cm³/mol. The summed E-state index contributed by atoms with van der Waals surface area (Å²) < 4.78 is 28.9. The lowest BCUT2D eigenvalue weighted by Crippen LogP contribution is -2.38. The van der Waals surface area contributed by atoms with Crippen molar-refractivity contribution in [2.75, 3.05) is 39.9 Å². The number of hydrogen-bond donors (Lipinski definition) is 5. The minimum absolute atomic E-state index is 0.129. The highest BCUT2D eigenvalue weighted by Crippen LogP contribution is 2.39. The van der Waals surface area contributed by atoms with E-state index < -0.39 is 0 Å². The van der Waals surface area contributed by atoms with Crippen LogP contribution in [0.2, 0.25) is 0 Å². The van der Waals surface area contributed by atoms with E-state index in [1.165, 1.54) is 7.11 Å². The van der Waals surface area contributed by atoms with Crippen LogP contribution in [0.25, 0.3) is 12.2 Å². The molecule has 4 aromatic carbocycles. The fourth-order valence-corrected chi connectivity index (χ4v) is 6.70. The highest BCUT2D eigenvalue weighted by molar-refractivity contribution is 6.01. The number of aliphatic hydroxyl groups is 3. The van der Waals surface area contributed by atoms with E-state index in [0.717, 1.165) is 73.7 Å². The van der Waals surface area contributed by atoms with E-state index in [1.54, 1.807) is 20.3 Å². The smallest absolute Gasteiger partial charge is 0.255 e. The van der Waals surface area contributed by atoms with E-state index in [0.29, 0.717) is 64.2 Å². The summed E-state index contributed by atoms with van der Waals surface area (Å²) in [5.74, 6) is 2.79. The largest absolute Gasteiger partial charge is 0.496 e. The van der Waals surface area contributed by atoms with E-state index >= 15 is 0 Å². The number of amides is 1. The fraction of sp³-hybridized carbons (Fsp3) is 0.386. The highest BCUT2D eigenvalue weighted by Gasteiger charge is 2.25. The Morgan fingerprint density at radius 3 is 1.80 bits per heavy atom. The summed E-state index contributed by atoms with van der Waals surface area (Å²) in [6, 6.07) is 20.5. The van der Waals surface area contributed by atoms with E-state index in [4.69, 9.17) is 23.7 Å². The second-order valence-electron chi connectivity index (χ2n) is 13.4. The molecule has 5 N–H and O–H groups in total. The summed E-state index contributed by atoms with van der Waals surface area (Å²) in [5, 5.41) is 35.8. The van der Waals surface area contributed by atoms with Crippen molar-refractivity contribution in [3.8, 4) is 28.7 Å². The second-order valence-corrected chi connectivity index (χ2v) is 13.4. The number of carbonyl (C=O) groups is 1. The summed E-state index contributed by atoms with van der Waals surface area (Å²) in [4.78, 5) is 12.5. The molecule has 0 saturated carbocycles. The first-order chi connectivity index (χ1) is 26.9. The number of para-hydroxylation sites is 1. The number of methoxy groups -OCH3 is 3. The average molecular weight is 755 g/mol. The number of unbranched alkanes of at least 4 members (excludes halogenated alkanes) is 7. The topological polar surface area (TPSA) is 148 Å². The zero-order valence-electron chi connectivity index (χ0n) is 32.1. The van der Waals surface area contributed by atoms with E-state index in [-0.39, 0.29) is 31.9 Å². The van der Waals surface area contributed by atoms with E-state index in [1.807, 2.05) is 72.8 Å². The molecule has 294 valence electrons. The molecular formula is C44H54N2O9. The fourth-order valence-electron chi connectivity index (χ4n) is 6.70. The zero-order valence-corrected chi connectivity index (χ0v) is 32.1. The van der Waals surface area contributed by atoms with Gasteiger partial charge in [-0.3, -0.25) is 4.79 Å². The van der Waals surface area contributed by atoms with Gasteiger partial charge < -0.3 is 49.6 Å². The van der Waals surface area contributed by atoms with Crippen molar-refractivity contribution in [2.24, 2.45) is 0 Å². The Kier molecular flexibility index (Phi) is 15.6. The standard InChI is InChI=1S/C44H54N2O9/c1-51-39-23-30(22-33(27-47)36(39)29-49)16-17-31-24-40(52-2)42(41(25-31)53-3)55-21-13-9-7-5-4-6-8-12-20-54-38-19-18-32(26-34(38)28-48)43-45-37-15-11-10-14-35(37)44(50)46-43/h10-11,14-19,22-26,43,45,47-49H,4-9,12-13,20-21,27-29H2,1-3H3,(H,46,50). The molecule has 11 nitrogen and oxygen atoms in total. The molecule has 0 radical (unpaired) electrons. The van der Waals surface area contributed by atoms with Gasteiger partial charge in [-0.25, -0.2) is 0 Å². The lowest BCUT2D eigenvalue weighted by Gasteiger charge is -2.28. The third-order valence-electron chi connectivity index (χ3n) is 9.70. The van der Waals surface area contributed by atoms with Crippen molar-refractivity contribution in [2.45, 2.75) is 77.4 Å². The number of fused-ring (bicyclic) bond motifs is 1. The molecule has 1 amide bonds. The normalized spacial score (nSPS) is 13.6. The summed E-state index contributed by atoms with van der Waals surface area (Å²) in [7, 11) is 4.75. The van der Waals surface area contributed by atoms with Gasteiger partial charge in [0.25, 0.3) is 5.91 Å². The minimum atomic E-state index is -0.383. The van der Waals surface area contributed by atoms with Gasteiger partial charge in [-0.2, -0.15) is 0 Å². The zero-order chi connectivity index (χ0) is 39.0. The molecule has 0 aliphatic carbocycles. The van der Waals surface area contributed by atoms with Crippen LogP contribution >= 0.6 is 0 Å². The number of nitrogens with one attached hydrogen (secondary N) is 2. The molecule has 4 aromatic rings. The minimum Gasteiger partial charge on any atom is -0.496 e. The number of hydrogen-bond acceptors (Lipinski definition) is 10. The van der Waals surface area contributed by atoms with Gasteiger partial charge in [-0.15, -0.1) is 0 Å². The number of benzene rings is 4. The second kappa shape index (κ2) is 21.0. The maximum atomic E-state index is 12.5. The van der Waals surface area contributed by atoms with Crippen LogP contribution in [-0.2, 0) is 19.8 Å². The average Bonchev–Trinajstić information content (AvgIpc) is 3.22. The van der Waals surface area contributed by atoms with Gasteiger partial charge in [0.2, 0.25) is 5.75 Å². The van der Waals surface area contributed by atoms with Crippen molar-refractivity contribution in [3.05, 3.63) is 106 Å². The maximum absolute atomic E-state index is 12.5. The summed E-state index contributed by atoms with van der Waals surface area (Å²) in [6.45, 7) is 0.564. The first-order valence-corrected chi connectivity index (χ1v) is 18.9. The van der Waals surface area contributed by atoms with Gasteiger partial charge in [-0.1, -0.05) is 68.9 Å². The van der Waals surface area contributed by atoms with Gasteiger partial charge >= 0.3 is 0 Å². The lowest BCUT2D eigenvalue weighted by molar-refractivity contribution is 0.0935. The molecule has 1 unspecified atom stereocenters. The Morgan fingerprint density at radius 2 is 1.18 bits per heavy atom. The third-order valence-corrected chi connectivity index (χ3v) is 9.70.